The molecule has 0 atom stereocenters. The van der Waals surface area contributed by atoms with Crippen molar-refractivity contribution in [2.24, 2.45) is 0 Å². The van der Waals surface area contributed by atoms with Crippen LogP contribution >= 0.6 is 15.9 Å². The molecule has 2 rings (SSSR count). The van der Waals surface area contributed by atoms with Gasteiger partial charge in [0.2, 0.25) is 5.91 Å². The van der Waals surface area contributed by atoms with Crippen LogP contribution in [-0.4, -0.2) is 15.7 Å². The van der Waals surface area contributed by atoms with Gasteiger partial charge in [-0.2, -0.15) is 5.10 Å². The average Bonchev–Trinajstić information content (AvgIpc) is 2.67. The number of benzene rings is 1. The van der Waals surface area contributed by atoms with E-state index < -0.39 is 5.82 Å². The van der Waals surface area contributed by atoms with Crippen LogP contribution < -0.4 is 5.32 Å². The summed E-state index contributed by atoms with van der Waals surface area (Å²) in [7, 11) is 0. The van der Waals surface area contributed by atoms with Crippen molar-refractivity contribution >= 4 is 27.5 Å². The maximum atomic E-state index is 13.2. The quantitative estimate of drug-likeness (QED) is 0.946. The highest BCUT2D eigenvalue weighted by Crippen LogP contribution is 2.12. The predicted molar refractivity (Wildman–Crippen MR) is 65.0 cm³/mol. The van der Waals surface area contributed by atoms with Crippen LogP contribution in [0.5, 0.6) is 0 Å². The molecule has 0 aliphatic carbocycles. The first kappa shape index (κ1) is 11.8. The molecule has 0 spiro atoms. The molecule has 0 radical (unpaired) electrons. The zero-order chi connectivity index (χ0) is 12.3. The van der Waals surface area contributed by atoms with Crippen molar-refractivity contribution in [1.82, 2.24) is 9.78 Å². The molecule has 0 unspecified atom stereocenters. The number of hydrogen-bond acceptors (Lipinski definition) is 2. The van der Waals surface area contributed by atoms with E-state index in [9.17, 15) is 9.18 Å². The molecule has 1 heterocycles. The summed E-state index contributed by atoms with van der Waals surface area (Å²) in [5, 5.41) is 6.41. The Kier molecular flexibility index (Phi) is 3.53. The number of nitrogens with zero attached hydrogens (tertiary/aromatic N) is 2. The van der Waals surface area contributed by atoms with Gasteiger partial charge in [-0.05, 0) is 28.1 Å². The summed E-state index contributed by atoms with van der Waals surface area (Å²) in [6.45, 7) is 0.0416. The van der Waals surface area contributed by atoms with Gasteiger partial charge in [0.25, 0.3) is 0 Å². The van der Waals surface area contributed by atoms with Crippen molar-refractivity contribution < 1.29 is 9.18 Å². The first-order chi connectivity index (χ1) is 8.15. The van der Waals surface area contributed by atoms with E-state index in [1.165, 1.54) is 16.8 Å². The maximum Gasteiger partial charge on any atom is 0.246 e. The summed E-state index contributed by atoms with van der Waals surface area (Å²) in [6, 6.07) is 6.02. The molecule has 2 aromatic rings. The van der Waals surface area contributed by atoms with E-state index in [2.05, 4.69) is 26.3 Å². The number of anilines is 1. The Labute approximate surface area is 106 Å². The second-order valence-electron chi connectivity index (χ2n) is 3.38. The minimum absolute atomic E-state index is 0.0416. The van der Waals surface area contributed by atoms with E-state index in [1.54, 1.807) is 24.5 Å². The van der Waals surface area contributed by atoms with Gasteiger partial charge in [0.1, 0.15) is 12.4 Å². The smallest absolute Gasteiger partial charge is 0.246 e. The summed E-state index contributed by atoms with van der Waals surface area (Å²) >= 11 is 3.23. The fourth-order valence-electron chi connectivity index (χ4n) is 1.32. The highest BCUT2D eigenvalue weighted by atomic mass is 79.9. The number of nitrogens with one attached hydrogen (secondary N) is 1. The van der Waals surface area contributed by atoms with E-state index in [0.717, 1.165) is 4.47 Å². The summed E-state index contributed by atoms with van der Waals surface area (Å²) in [4.78, 5) is 11.6. The average molecular weight is 298 g/mol. The van der Waals surface area contributed by atoms with Crippen molar-refractivity contribution in [3.63, 3.8) is 0 Å². The van der Waals surface area contributed by atoms with Gasteiger partial charge in [0.15, 0.2) is 0 Å². The third-order valence-corrected chi connectivity index (χ3v) is 2.46. The highest BCUT2D eigenvalue weighted by molar-refractivity contribution is 9.10. The molecule has 0 saturated heterocycles. The molecule has 1 aromatic heterocycles. The van der Waals surface area contributed by atoms with Crippen LogP contribution in [0.4, 0.5) is 10.1 Å². The van der Waals surface area contributed by atoms with Gasteiger partial charge in [0, 0.05) is 6.20 Å². The van der Waals surface area contributed by atoms with Crippen molar-refractivity contribution in [3.05, 3.63) is 46.9 Å². The number of para-hydroxylation sites is 1. The Bertz CT molecular complexity index is 541. The van der Waals surface area contributed by atoms with Crippen LogP contribution in [0.2, 0.25) is 0 Å². The Hall–Kier alpha value is -1.69. The number of rotatable bonds is 3. The van der Waals surface area contributed by atoms with Gasteiger partial charge >= 0.3 is 0 Å². The lowest BCUT2D eigenvalue weighted by molar-refractivity contribution is -0.116. The number of amides is 1. The summed E-state index contributed by atoms with van der Waals surface area (Å²) in [6.07, 6.45) is 3.25. The van der Waals surface area contributed by atoms with Gasteiger partial charge in [0.05, 0.1) is 16.4 Å². The lowest BCUT2D eigenvalue weighted by Gasteiger charge is -2.05. The predicted octanol–water partition coefficient (Wildman–Crippen LogP) is 2.42. The largest absolute Gasteiger partial charge is 0.322 e. The Morgan fingerprint density at radius 1 is 1.47 bits per heavy atom. The van der Waals surface area contributed by atoms with Crippen LogP contribution in [0.3, 0.4) is 0 Å². The molecule has 1 N–H and O–H groups in total. The normalized spacial score (nSPS) is 10.2. The van der Waals surface area contributed by atoms with Crippen molar-refractivity contribution in [2.45, 2.75) is 6.54 Å². The summed E-state index contributed by atoms with van der Waals surface area (Å²) < 4.78 is 15.5. The number of halogens is 2. The van der Waals surface area contributed by atoms with E-state index in [-0.39, 0.29) is 18.1 Å². The van der Waals surface area contributed by atoms with E-state index >= 15 is 0 Å². The number of aromatic nitrogens is 2. The Morgan fingerprint density at radius 3 is 2.88 bits per heavy atom. The minimum Gasteiger partial charge on any atom is -0.322 e. The number of hydrogen-bond donors (Lipinski definition) is 1. The second kappa shape index (κ2) is 5.09. The fraction of sp³-hybridized carbons (Fsp3) is 0.0909. The molecule has 6 heteroatoms. The second-order valence-corrected chi connectivity index (χ2v) is 4.30. The SMILES string of the molecule is O=C(Cn1cc(Br)cn1)Nc1ccccc1F. The fourth-order valence-corrected chi connectivity index (χ4v) is 1.65. The topological polar surface area (TPSA) is 46.9 Å². The molecule has 4 nitrogen and oxygen atoms in total. The van der Waals surface area contributed by atoms with Gasteiger partial charge < -0.3 is 5.32 Å². The third-order valence-electron chi connectivity index (χ3n) is 2.06. The zero-order valence-corrected chi connectivity index (χ0v) is 10.3. The number of carbonyl (C=O) groups is 1. The van der Waals surface area contributed by atoms with Gasteiger partial charge in [-0.25, -0.2) is 4.39 Å². The molecule has 0 aliphatic heterocycles. The third kappa shape index (κ3) is 3.13. The van der Waals surface area contributed by atoms with Crippen LogP contribution in [0.1, 0.15) is 0 Å². The van der Waals surface area contributed by atoms with Crippen LogP contribution in [0.25, 0.3) is 0 Å². The highest BCUT2D eigenvalue weighted by Gasteiger charge is 2.07. The standard InChI is InChI=1S/C11H9BrFN3O/c12-8-5-14-16(6-8)7-11(17)15-10-4-2-1-3-9(10)13/h1-6H,7H2,(H,15,17). The van der Waals surface area contributed by atoms with Gasteiger partial charge in [-0.3, -0.25) is 9.48 Å². The molecule has 0 aliphatic rings. The number of carbonyl (C=O) groups excluding carboxylic acids is 1. The first-order valence-electron chi connectivity index (χ1n) is 4.87. The van der Waals surface area contributed by atoms with Crippen LogP contribution in [0.15, 0.2) is 41.1 Å². The van der Waals surface area contributed by atoms with Crippen molar-refractivity contribution in [3.8, 4) is 0 Å². The lowest BCUT2D eigenvalue weighted by atomic mass is 10.3. The Morgan fingerprint density at radius 2 is 2.24 bits per heavy atom. The summed E-state index contributed by atoms with van der Waals surface area (Å²) in [5.41, 5.74) is 0.170. The molecule has 1 aromatic carbocycles. The van der Waals surface area contributed by atoms with Crippen molar-refractivity contribution in [1.29, 1.82) is 0 Å². The van der Waals surface area contributed by atoms with E-state index in [4.69, 9.17) is 0 Å². The molecule has 0 bridgehead atoms. The maximum absolute atomic E-state index is 13.2. The summed E-state index contributed by atoms with van der Waals surface area (Å²) in [5.74, 6) is -0.784. The first-order valence-corrected chi connectivity index (χ1v) is 5.67. The molecule has 1 amide bonds. The lowest BCUT2D eigenvalue weighted by Crippen LogP contribution is -2.19. The monoisotopic (exact) mass is 297 g/mol. The zero-order valence-electron chi connectivity index (χ0n) is 8.73. The molecular formula is C11H9BrFN3O. The Balaban J connectivity index is 2.01. The van der Waals surface area contributed by atoms with Gasteiger partial charge in [-0.1, -0.05) is 12.1 Å². The van der Waals surface area contributed by atoms with Gasteiger partial charge in [-0.15, -0.1) is 0 Å². The van der Waals surface area contributed by atoms with Crippen LogP contribution in [0, 0.1) is 5.82 Å². The molecular weight excluding hydrogens is 289 g/mol. The van der Waals surface area contributed by atoms with E-state index in [1.807, 2.05) is 0 Å². The van der Waals surface area contributed by atoms with Crippen LogP contribution in [-0.2, 0) is 11.3 Å². The molecule has 0 saturated carbocycles. The van der Waals surface area contributed by atoms with E-state index in [0.29, 0.717) is 0 Å². The molecule has 88 valence electrons. The van der Waals surface area contributed by atoms with Crippen molar-refractivity contribution in [2.75, 3.05) is 5.32 Å². The minimum atomic E-state index is -0.456. The molecule has 17 heavy (non-hydrogen) atoms. The molecule has 0 fully saturated rings.